The van der Waals surface area contributed by atoms with E-state index in [4.69, 9.17) is 4.74 Å². The molecular formula is C29H32F4N4O5S. The van der Waals surface area contributed by atoms with E-state index in [1.54, 1.807) is 24.3 Å². The predicted molar refractivity (Wildman–Crippen MR) is 155 cm³/mol. The van der Waals surface area contributed by atoms with Crippen molar-refractivity contribution in [1.82, 2.24) is 9.47 Å². The molecule has 2 N–H and O–H groups in total. The molecule has 43 heavy (non-hydrogen) atoms. The SMILES string of the molecule is COC(=O)CS(=O)(=O)c1ccc(NCC#Cc2cc3c(N[C@@H]4CCN(C)C[C@@H]4F)cccc3n2CC(F)(F)F)c(OC)c1. The van der Waals surface area contributed by atoms with Crippen LogP contribution in [-0.4, -0.2) is 88.9 Å². The number of fused-ring (bicyclic) bond motifs is 1. The number of benzene rings is 2. The number of nitrogens with zero attached hydrogens (tertiary/aromatic N) is 2. The number of anilines is 2. The van der Waals surface area contributed by atoms with Crippen molar-refractivity contribution < 1.29 is 40.2 Å². The fourth-order valence-electron chi connectivity index (χ4n) is 4.87. The van der Waals surface area contributed by atoms with Gasteiger partial charge in [-0.1, -0.05) is 12.0 Å². The summed E-state index contributed by atoms with van der Waals surface area (Å²) in [7, 11) is 0.290. The standard InChI is InChI=1S/C29H32F4N4O5S/c1-36-13-11-24(22(30)16-36)35-23-7-4-8-26-21(23)14-19(37(26)18-29(31,32)33)6-5-12-34-25-10-9-20(15-27(25)41-2)43(39,40)17-28(38)42-3/h4,7-10,14-15,22,24,34-35H,11-13,16-18H2,1-3H3/t22-,24+/m0/s1. The Balaban J connectivity index is 1.57. The first kappa shape index (κ1) is 32.0. The van der Waals surface area contributed by atoms with Crippen LogP contribution in [0.2, 0.25) is 0 Å². The van der Waals surface area contributed by atoms with Gasteiger partial charge in [-0.05, 0) is 49.7 Å². The van der Waals surface area contributed by atoms with Gasteiger partial charge in [0.05, 0.1) is 48.6 Å². The van der Waals surface area contributed by atoms with E-state index >= 15 is 0 Å². The van der Waals surface area contributed by atoms with Gasteiger partial charge in [0.1, 0.15) is 18.5 Å². The van der Waals surface area contributed by atoms with Gasteiger partial charge in [-0.3, -0.25) is 4.79 Å². The fraction of sp³-hybridized carbons (Fsp3) is 0.414. The van der Waals surface area contributed by atoms with E-state index in [0.717, 1.165) is 11.7 Å². The lowest BCUT2D eigenvalue weighted by molar-refractivity contribution is -0.140. The maximum atomic E-state index is 14.7. The largest absolute Gasteiger partial charge is 0.495 e. The summed E-state index contributed by atoms with van der Waals surface area (Å²) in [6.07, 6.45) is -5.08. The molecule has 0 amide bonds. The van der Waals surface area contributed by atoms with Gasteiger partial charge in [-0.25, -0.2) is 12.8 Å². The summed E-state index contributed by atoms with van der Waals surface area (Å²) >= 11 is 0. The monoisotopic (exact) mass is 624 g/mol. The molecule has 0 bridgehead atoms. The number of methoxy groups -OCH3 is 2. The molecule has 1 aliphatic rings. The minimum atomic E-state index is -4.51. The van der Waals surface area contributed by atoms with Crippen molar-refractivity contribution in [2.45, 2.75) is 36.3 Å². The number of hydrogen-bond donors (Lipinski definition) is 2. The van der Waals surface area contributed by atoms with Gasteiger partial charge in [0.2, 0.25) is 0 Å². The van der Waals surface area contributed by atoms with Crippen LogP contribution in [0.5, 0.6) is 5.75 Å². The second kappa shape index (κ2) is 13.1. The van der Waals surface area contributed by atoms with Gasteiger partial charge < -0.3 is 29.6 Å². The molecule has 9 nitrogen and oxygen atoms in total. The minimum absolute atomic E-state index is 0.0115. The van der Waals surface area contributed by atoms with Crippen molar-refractivity contribution in [3.63, 3.8) is 0 Å². The van der Waals surface area contributed by atoms with E-state index in [9.17, 15) is 30.8 Å². The number of ether oxygens (including phenoxy) is 2. The third-order valence-electron chi connectivity index (χ3n) is 7.02. The normalized spacial score (nSPS) is 17.7. The highest BCUT2D eigenvalue weighted by atomic mass is 32.2. The topological polar surface area (TPSA) is 102 Å². The van der Waals surface area contributed by atoms with Crippen molar-refractivity contribution in [2.75, 3.05) is 57.3 Å². The summed E-state index contributed by atoms with van der Waals surface area (Å²) in [6.45, 7) is -0.304. The number of likely N-dealkylation sites (tertiary alicyclic amines) is 1. The number of carbonyl (C=O) groups is 1. The lowest BCUT2D eigenvalue weighted by atomic mass is 10.0. The third kappa shape index (κ3) is 7.91. The van der Waals surface area contributed by atoms with Crippen LogP contribution in [0.4, 0.5) is 28.9 Å². The number of alkyl halides is 4. The third-order valence-corrected chi connectivity index (χ3v) is 8.61. The number of halogens is 4. The van der Waals surface area contributed by atoms with Crippen molar-refractivity contribution in [3.05, 3.63) is 48.2 Å². The molecule has 0 aliphatic carbocycles. The number of sulfone groups is 1. The summed E-state index contributed by atoms with van der Waals surface area (Å²) in [5.74, 6) is 4.03. The van der Waals surface area contributed by atoms with Crippen LogP contribution in [0.3, 0.4) is 0 Å². The molecule has 1 fully saturated rings. The Morgan fingerprint density at radius 1 is 1.14 bits per heavy atom. The van der Waals surface area contributed by atoms with Gasteiger partial charge in [-0.2, -0.15) is 13.2 Å². The fourth-order valence-corrected chi connectivity index (χ4v) is 6.02. The first-order valence-electron chi connectivity index (χ1n) is 13.3. The highest BCUT2D eigenvalue weighted by Crippen LogP contribution is 2.32. The summed E-state index contributed by atoms with van der Waals surface area (Å²) in [5.41, 5.74) is 1.35. The molecule has 1 aliphatic heterocycles. The zero-order chi connectivity index (χ0) is 31.4. The van der Waals surface area contributed by atoms with Crippen LogP contribution >= 0.6 is 0 Å². The highest BCUT2D eigenvalue weighted by Gasteiger charge is 2.31. The van der Waals surface area contributed by atoms with Crippen molar-refractivity contribution >= 4 is 38.1 Å². The van der Waals surface area contributed by atoms with Crippen molar-refractivity contribution in [3.8, 4) is 17.6 Å². The minimum Gasteiger partial charge on any atom is -0.495 e. The van der Waals surface area contributed by atoms with E-state index < -0.39 is 46.5 Å². The molecule has 1 aromatic heterocycles. The molecule has 232 valence electrons. The highest BCUT2D eigenvalue weighted by molar-refractivity contribution is 7.92. The Hall–Kier alpha value is -3.96. The number of carbonyl (C=O) groups excluding carboxylic acids is 1. The van der Waals surface area contributed by atoms with Crippen molar-refractivity contribution in [2.24, 2.45) is 0 Å². The van der Waals surface area contributed by atoms with Crippen LogP contribution in [-0.2, 0) is 25.9 Å². The van der Waals surface area contributed by atoms with E-state index in [1.807, 2.05) is 11.9 Å². The Bertz CT molecular complexity index is 1650. The molecule has 2 heterocycles. The summed E-state index contributed by atoms with van der Waals surface area (Å²) in [5, 5.41) is 6.66. The molecule has 1 saturated heterocycles. The Kier molecular flexibility index (Phi) is 9.76. The Labute approximate surface area is 247 Å². The average molecular weight is 625 g/mol. The number of esters is 1. The van der Waals surface area contributed by atoms with Gasteiger partial charge in [0.15, 0.2) is 15.6 Å². The van der Waals surface area contributed by atoms with E-state index in [-0.39, 0.29) is 29.4 Å². The van der Waals surface area contributed by atoms with Gasteiger partial charge in [0.25, 0.3) is 0 Å². The van der Waals surface area contributed by atoms with Crippen LogP contribution in [0, 0.1) is 11.8 Å². The Morgan fingerprint density at radius 3 is 2.58 bits per heavy atom. The van der Waals surface area contributed by atoms with Crippen LogP contribution in [0.25, 0.3) is 10.9 Å². The second-order valence-corrected chi connectivity index (χ2v) is 12.1. The first-order valence-corrected chi connectivity index (χ1v) is 14.9. The van der Waals surface area contributed by atoms with E-state index in [1.165, 1.54) is 25.3 Å². The second-order valence-electron chi connectivity index (χ2n) is 10.1. The molecule has 0 radical (unpaired) electrons. The van der Waals surface area contributed by atoms with E-state index in [2.05, 4.69) is 27.2 Å². The molecule has 2 aromatic carbocycles. The summed E-state index contributed by atoms with van der Waals surface area (Å²) in [4.78, 5) is 13.2. The maximum absolute atomic E-state index is 14.7. The number of piperidine rings is 1. The smallest absolute Gasteiger partial charge is 0.406 e. The molecule has 0 saturated carbocycles. The van der Waals surface area contributed by atoms with E-state index in [0.29, 0.717) is 35.2 Å². The zero-order valence-electron chi connectivity index (χ0n) is 23.8. The Morgan fingerprint density at radius 2 is 1.91 bits per heavy atom. The molecule has 14 heteroatoms. The number of nitrogens with one attached hydrogen (secondary N) is 2. The van der Waals surface area contributed by atoms with Crippen molar-refractivity contribution in [1.29, 1.82) is 0 Å². The van der Waals surface area contributed by atoms with Crippen LogP contribution < -0.4 is 15.4 Å². The number of hydrogen-bond acceptors (Lipinski definition) is 8. The zero-order valence-corrected chi connectivity index (χ0v) is 24.6. The van der Waals surface area contributed by atoms with Gasteiger partial charge >= 0.3 is 12.1 Å². The lowest BCUT2D eigenvalue weighted by Crippen LogP contribution is -2.46. The maximum Gasteiger partial charge on any atom is 0.406 e. The molecule has 3 aromatic rings. The van der Waals surface area contributed by atoms with Crippen LogP contribution in [0.15, 0.2) is 47.4 Å². The molecule has 2 atom stereocenters. The number of rotatable bonds is 9. The first-order chi connectivity index (χ1) is 20.3. The average Bonchev–Trinajstić information content (AvgIpc) is 3.28. The quantitative estimate of drug-likeness (QED) is 0.209. The predicted octanol–water partition coefficient (Wildman–Crippen LogP) is 4.08. The molecule has 4 rings (SSSR count). The summed E-state index contributed by atoms with van der Waals surface area (Å²) < 4.78 is 91.1. The van der Waals surface area contributed by atoms with Gasteiger partial charge in [0, 0.05) is 30.2 Å². The molecular weight excluding hydrogens is 592 g/mol. The molecule has 0 unspecified atom stereocenters. The number of aromatic nitrogens is 1. The van der Waals surface area contributed by atoms with Crippen LogP contribution in [0.1, 0.15) is 12.1 Å². The van der Waals surface area contributed by atoms with Gasteiger partial charge in [-0.15, -0.1) is 0 Å². The molecule has 0 spiro atoms. The lowest BCUT2D eigenvalue weighted by Gasteiger charge is -2.33. The summed E-state index contributed by atoms with van der Waals surface area (Å²) in [6, 6.07) is 9.96.